The summed E-state index contributed by atoms with van der Waals surface area (Å²) >= 11 is 0. The van der Waals surface area contributed by atoms with Crippen molar-refractivity contribution in [1.82, 2.24) is 0 Å². The van der Waals surface area contributed by atoms with Gasteiger partial charge < -0.3 is 8.83 Å². The van der Waals surface area contributed by atoms with Gasteiger partial charge in [-0.2, -0.15) is 0 Å². The molecule has 0 saturated heterocycles. The van der Waals surface area contributed by atoms with Gasteiger partial charge in [-0.3, -0.25) is 0 Å². The van der Waals surface area contributed by atoms with E-state index in [9.17, 15) is 0 Å². The first-order valence-electron chi connectivity index (χ1n) is 18.5. The van der Waals surface area contributed by atoms with Crippen LogP contribution in [0, 0.1) is 0 Å². The Morgan fingerprint density at radius 3 is 1.35 bits per heavy atom. The SMILES string of the molecule is c1ccc(-c2c3ccccc3c(-c3ccc(-c4ccc5c(c4)oc4ccc6c(ccc7oc8ccccc8c76)c45)c4ccccc34)c3ccccc23)cc1. The Hall–Kier alpha value is -7.16. The molecule has 0 aliphatic rings. The minimum atomic E-state index is 0.883. The molecule has 2 aromatic heterocycles. The van der Waals surface area contributed by atoms with Gasteiger partial charge in [-0.25, -0.2) is 0 Å². The Balaban J connectivity index is 1.07. The molecule has 250 valence electrons. The van der Waals surface area contributed by atoms with Crippen molar-refractivity contribution in [3.05, 3.63) is 182 Å². The molecule has 12 rings (SSSR count). The summed E-state index contributed by atoms with van der Waals surface area (Å²) < 4.78 is 12.8. The van der Waals surface area contributed by atoms with Crippen LogP contribution >= 0.6 is 0 Å². The maximum absolute atomic E-state index is 6.63. The van der Waals surface area contributed by atoms with Crippen molar-refractivity contribution in [2.24, 2.45) is 0 Å². The smallest absolute Gasteiger partial charge is 0.136 e. The van der Waals surface area contributed by atoms with Crippen LogP contribution in [0.15, 0.2) is 191 Å². The second-order valence-corrected chi connectivity index (χ2v) is 14.3. The summed E-state index contributed by atoms with van der Waals surface area (Å²) in [6.07, 6.45) is 0. The van der Waals surface area contributed by atoms with Crippen LogP contribution in [-0.4, -0.2) is 0 Å². The van der Waals surface area contributed by atoms with E-state index in [1.54, 1.807) is 0 Å². The van der Waals surface area contributed by atoms with Crippen LogP contribution in [0.4, 0.5) is 0 Å². The highest BCUT2D eigenvalue weighted by atomic mass is 16.3. The summed E-state index contributed by atoms with van der Waals surface area (Å²) in [4.78, 5) is 0. The molecule has 2 heterocycles. The number of hydrogen-bond donors (Lipinski definition) is 0. The van der Waals surface area contributed by atoms with E-state index in [0.717, 1.165) is 49.4 Å². The van der Waals surface area contributed by atoms with Crippen LogP contribution in [0.2, 0.25) is 0 Å². The summed E-state index contributed by atoms with van der Waals surface area (Å²) in [5.74, 6) is 0. The zero-order valence-electron chi connectivity index (χ0n) is 29.1. The lowest BCUT2D eigenvalue weighted by Crippen LogP contribution is -1.92. The first-order chi connectivity index (χ1) is 26.8. The van der Waals surface area contributed by atoms with Crippen molar-refractivity contribution < 1.29 is 8.83 Å². The third-order valence-corrected chi connectivity index (χ3v) is 11.5. The lowest BCUT2D eigenvalue weighted by atomic mass is 9.84. The van der Waals surface area contributed by atoms with E-state index in [1.807, 2.05) is 12.1 Å². The molecule has 0 aliphatic heterocycles. The van der Waals surface area contributed by atoms with E-state index in [4.69, 9.17) is 8.83 Å². The lowest BCUT2D eigenvalue weighted by Gasteiger charge is -2.19. The third-order valence-electron chi connectivity index (χ3n) is 11.5. The maximum atomic E-state index is 6.63. The predicted molar refractivity (Wildman–Crippen MR) is 227 cm³/mol. The summed E-state index contributed by atoms with van der Waals surface area (Å²) in [6.45, 7) is 0. The van der Waals surface area contributed by atoms with Gasteiger partial charge in [0.2, 0.25) is 0 Å². The monoisotopic (exact) mass is 686 g/mol. The first-order valence-corrected chi connectivity index (χ1v) is 18.5. The number of rotatable bonds is 3. The molecule has 10 aromatic carbocycles. The Morgan fingerprint density at radius 2 is 0.704 bits per heavy atom. The number of hydrogen-bond acceptors (Lipinski definition) is 2. The zero-order chi connectivity index (χ0) is 35.3. The molecule has 0 saturated carbocycles. The second kappa shape index (κ2) is 11.2. The predicted octanol–water partition coefficient (Wildman–Crippen LogP) is 15.1. The van der Waals surface area contributed by atoms with E-state index >= 15 is 0 Å². The first kappa shape index (κ1) is 29.4. The largest absolute Gasteiger partial charge is 0.456 e. The van der Waals surface area contributed by atoms with Gasteiger partial charge in [0, 0.05) is 21.5 Å². The van der Waals surface area contributed by atoms with Crippen LogP contribution in [0.3, 0.4) is 0 Å². The molecule has 0 bridgehead atoms. The molecule has 2 nitrogen and oxygen atoms in total. The minimum Gasteiger partial charge on any atom is -0.456 e. The zero-order valence-corrected chi connectivity index (χ0v) is 29.1. The van der Waals surface area contributed by atoms with Gasteiger partial charge in [0.25, 0.3) is 0 Å². The Labute approximate surface area is 310 Å². The van der Waals surface area contributed by atoms with Gasteiger partial charge in [-0.1, -0.05) is 140 Å². The molecule has 0 spiro atoms. The molecular weight excluding hydrogens is 657 g/mol. The fourth-order valence-electron chi connectivity index (χ4n) is 9.17. The molecule has 0 unspecified atom stereocenters. The van der Waals surface area contributed by atoms with Gasteiger partial charge in [-0.15, -0.1) is 0 Å². The maximum Gasteiger partial charge on any atom is 0.136 e. The molecule has 0 atom stereocenters. The summed E-state index contributed by atoms with van der Waals surface area (Å²) in [6, 6.07) is 65.6. The molecule has 12 aromatic rings. The van der Waals surface area contributed by atoms with Crippen LogP contribution < -0.4 is 0 Å². The quantitative estimate of drug-likeness (QED) is 0.173. The fraction of sp³-hybridized carbons (Fsp3) is 0. The van der Waals surface area contributed by atoms with E-state index in [1.165, 1.54) is 70.9 Å². The van der Waals surface area contributed by atoms with Crippen molar-refractivity contribution in [1.29, 1.82) is 0 Å². The summed E-state index contributed by atoms with van der Waals surface area (Å²) in [5.41, 5.74) is 10.9. The number of furan rings is 2. The van der Waals surface area contributed by atoms with Gasteiger partial charge in [0.1, 0.15) is 22.3 Å². The molecular formula is C52H30O2. The van der Waals surface area contributed by atoms with Crippen molar-refractivity contribution in [3.63, 3.8) is 0 Å². The van der Waals surface area contributed by atoms with Crippen LogP contribution in [0.1, 0.15) is 0 Å². The highest BCUT2D eigenvalue weighted by Gasteiger charge is 2.20. The lowest BCUT2D eigenvalue weighted by molar-refractivity contribution is 0.668. The van der Waals surface area contributed by atoms with E-state index in [2.05, 4.69) is 170 Å². The Kier molecular flexibility index (Phi) is 6.09. The summed E-state index contributed by atoms with van der Waals surface area (Å²) in [5, 5.41) is 14.4. The molecule has 54 heavy (non-hydrogen) atoms. The minimum absolute atomic E-state index is 0.883. The summed E-state index contributed by atoms with van der Waals surface area (Å²) in [7, 11) is 0. The Bertz CT molecular complexity index is 3430. The standard InChI is InChI=1S/C52H30O2/c1-2-12-31(13-3-1)49-36-16-6-8-18-38(36)50(39-19-9-7-17-37(39)49)40-25-24-33(34-14-4-5-15-35(34)40)32-22-23-44-48(30-32)54-47-29-27-41-42(52(44)47)26-28-46-51(41)43-20-10-11-21-45(43)53-46/h1-30H. The number of benzene rings is 10. The Morgan fingerprint density at radius 1 is 0.241 bits per heavy atom. The average molecular weight is 687 g/mol. The van der Waals surface area contributed by atoms with E-state index < -0.39 is 0 Å². The van der Waals surface area contributed by atoms with Gasteiger partial charge in [0.15, 0.2) is 0 Å². The normalized spacial score (nSPS) is 12.1. The molecule has 0 radical (unpaired) electrons. The van der Waals surface area contributed by atoms with Crippen LogP contribution in [0.25, 0.3) is 120 Å². The molecule has 2 heteroatoms. The average Bonchev–Trinajstić information content (AvgIpc) is 3.81. The molecule has 0 N–H and O–H groups in total. The van der Waals surface area contributed by atoms with E-state index in [0.29, 0.717) is 0 Å². The highest BCUT2D eigenvalue weighted by Crippen LogP contribution is 2.47. The number of para-hydroxylation sites is 1. The van der Waals surface area contributed by atoms with Crippen LogP contribution in [0.5, 0.6) is 0 Å². The number of fused-ring (bicyclic) bond motifs is 12. The van der Waals surface area contributed by atoms with Gasteiger partial charge in [-0.05, 0) is 119 Å². The van der Waals surface area contributed by atoms with Crippen molar-refractivity contribution in [2.75, 3.05) is 0 Å². The fourth-order valence-corrected chi connectivity index (χ4v) is 9.17. The molecule has 0 aliphatic carbocycles. The topological polar surface area (TPSA) is 26.3 Å². The van der Waals surface area contributed by atoms with Crippen molar-refractivity contribution in [3.8, 4) is 33.4 Å². The second-order valence-electron chi connectivity index (χ2n) is 14.3. The van der Waals surface area contributed by atoms with E-state index in [-0.39, 0.29) is 0 Å². The van der Waals surface area contributed by atoms with Gasteiger partial charge in [0.05, 0.1) is 0 Å². The van der Waals surface area contributed by atoms with Crippen molar-refractivity contribution in [2.45, 2.75) is 0 Å². The van der Waals surface area contributed by atoms with Crippen LogP contribution in [-0.2, 0) is 0 Å². The van der Waals surface area contributed by atoms with Crippen molar-refractivity contribution >= 4 is 87.0 Å². The highest BCUT2D eigenvalue weighted by molar-refractivity contribution is 6.28. The molecule has 0 amide bonds. The molecule has 0 fully saturated rings. The third kappa shape index (κ3) is 4.11. The van der Waals surface area contributed by atoms with Gasteiger partial charge >= 0.3 is 0 Å².